The maximum absolute atomic E-state index is 12.4. The molecule has 1 aromatic carbocycles. The first-order chi connectivity index (χ1) is 9.82. The molecule has 0 saturated carbocycles. The third-order valence-electron chi connectivity index (χ3n) is 3.77. The van der Waals surface area contributed by atoms with Crippen LogP contribution < -0.4 is 0 Å². The first-order valence-electron chi connectivity index (χ1n) is 6.61. The van der Waals surface area contributed by atoms with Crippen molar-refractivity contribution in [1.29, 1.82) is 0 Å². The molecule has 21 heavy (non-hydrogen) atoms. The summed E-state index contributed by atoms with van der Waals surface area (Å²) in [6.45, 7) is -0.293. The van der Waals surface area contributed by atoms with Crippen LogP contribution >= 0.6 is 22.6 Å². The van der Waals surface area contributed by atoms with Crippen LogP contribution in [-0.2, 0) is 16.0 Å². The van der Waals surface area contributed by atoms with Gasteiger partial charge in [-0.25, -0.2) is 9.59 Å². The van der Waals surface area contributed by atoms with E-state index in [4.69, 9.17) is 5.11 Å². The number of carboxylic acid groups (broad SMARTS) is 1. The van der Waals surface area contributed by atoms with Crippen LogP contribution in [0.5, 0.6) is 0 Å². The van der Waals surface area contributed by atoms with Crippen molar-refractivity contribution in [2.24, 2.45) is 0 Å². The zero-order chi connectivity index (χ0) is 15.6. The zero-order valence-electron chi connectivity index (χ0n) is 11.7. The van der Waals surface area contributed by atoms with Gasteiger partial charge in [-0.1, -0.05) is 12.1 Å². The van der Waals surface area contributed by atoms with Gasteiger partial charge in [0.05, 0.1) is 6.54 Å². The quantitative estimate of drug-likeness (QED) is 0.462. The molecule has 1 N–H and O–H groups in total. The first-order valence-corrected chi connectivity index (χ1v) is 7.69. The fourth-order valence-electron chi connectivity index (χ4n) is 2.51. The van der Waals surface area contributed by atoms with Crippen LogP contribution in [0, 0.1) is 8.78 Å². The molecule has 1 amide bonds. The van der Waals surface area contributed by atoms with Gasteiger partial charge in [0.25, 0.3) is 0 Å². The van der Waals surface area contributed by atoms with E-state index < -0.39 is 29.1 Å². The van der Waals surface area contributed by atoms with Crippen molar-refractivity contribution >= 4 is 34.5 Å². The fourth-order valence-corrected chi connectivity index (χ4v) is 2.87. The number of piperazine rings is 1. The maximum atomic E-state index is 12.4. The summed E-state index contributed by atoms with van der Waals surface area (Å²) in [5.74, 6) is -1.80. The lowest BCUT2D eigenvalue weighted by Gasteiger charge is -2.47. The Balaban J connectivity index is 2.18. The van der Waals surface area contributed by atoms with Crippen LogP contribution in [0.25, 0.3) is 0 Å². The van der Waals surface area contributed by atoms with Gasteiger partial charge < -0.3 is 10.3 Å². The van der Waals surface area contributed by atoms with Gasteiger partial charge in [0.2, 0.25) is 0 Å². The van der Waals surface area contributed by atoms with Crippen molar-refractivity contribution in [2.45, 2.75) is 12.5 Å². The van der Waals surface area contributed by atoms with E-state index >= 15 is 0 Å². The van der Waals surface area contributed by atoms with E-state index in [1.54, 1.807) is 7.05 Å². The number of amides is 1. The highest BCUT2D eigenvalue weighted by Gasteiger charge is 2.42. The van der Waals surface area contributed by atoms with Crippen LogP contribution in [0.4, 0.5) is 0 Å². The highest BCUT2D eigenvalue weighted by molar-refractivity contribution is 14.1. The van der Waals surface area contributed by atoms with Gasteiger partial charge in [0.1, 0.15) is 6.04 Å². The number of hydrogen-bond acceptors (Lipinski definition) is 4. The SMILES string of the molecule is CN1CC[N+]([O-])(CC(=O)O)C(=O)C1Cc1ccc(I)cc1. The Morgan fingerprint density at radius 3 is 2.67 bits per heavy atom. The number of carbonyl (C=O) groups excluding carboxylic acids is 1. The second-order valence-electron chi connectivity index (χ2n) is 5.33. The molecule has 0 radical (unpaired) electrons. The van der Waals surface area contributed by atoms with Crippen LogP contribution in [-0.4, -0.2) is 59.3 Å². The molecule has 1 aliphatic rings. The lowest BCUT2D eigenvalue weighted by Crippen LogP contribution is -2.65. The Kier molecular flexibility index (Phi) is 4.97. The molecular formula is C14H17IN2O4. The Hall–Kier alpha value is -1.03. The monoisotopic (exact) mass is 404 g/mol. The van der Waals surface area contributed by atoms with E-state index in [2.05, 4.69) is 22.6 Å². The van der Waals surface area contributed by atoms with Crippen LogP contribution in [0.3, 0.4) is 0 Å². The van der Waals surface area contributed by atoms with Gasteiger partial charge in [-0.05, 0) is 47.3 Å². The summed E-state index contributed by atoms with van der Waals surface area (Å²) >= 11 is 2.20. The molecule has 0 aliphatic carbocycles. The van der Waals surface area contributed by atoms with Gasteiger partial charge in [0, 0.05) is 16.5 Å². The van der Waals surface area contributed by atoms with Gasteiger partial charge in [-0.3, -0.25) is 9.55 Å². The van der Waals surface area contributed by atoms with E-state index in [1.807, 2.05) is 29.2 Å². The normalized spacial score (nSPS) is 26.8. The molecule has 1 aliphatic heterocycles. The van der Waals surface area contributed by atoms with Crippen LogP contribution in [0.1, 0.15) is 5.56 Å². The number of likely N-dealkylation sites (N-methyl/N-ethyl adjacent to an activating group) is 1. The summed E-state index contributed by atoms with van der Waals surface area (Å²) in [5.41, 5.74) is 0.962. The average Bonchev–Trinajstić information content (AvgIpc) is 2.41. The second kappa shape index (κ2) is 6.39. The number of hydroxylamine groups is 3. The largest absolute Gasteiger partial charge is 0.625 e. The van der Waals surface area contributed by atoms with E-state index in [0.29, 0.717) is 13.0 Å². The summed E-state index contributed by atoms with van der Waals surface area (Å²) in [4.78, 5) is 25.1. The minimum atomic E-state index is -1.27. The molecule has 1 heterocycles. The third-order valence-corrected chi connectivity index (χ3v) is 4.48. The number of aliphatic carboxylic acids is 1. The topological polar surface area (TPSA) is 80.7 Å². The first kappa shape index (κ1) is 16.3. The summed E-state index contributed by atoms with van der Waals surface area (Å²) in [5, 5.41) is 21.3. The Labute approximate surface area is 136 Å². The summed E-state index contributed by atoms with van der Waals surface area (Å²) in [7, 11) is 1.79. The fraction of sp³-hybridized carbons (Fsp3) is 0.429. The summed E-state index contributed by atoms with van der Waals surface area (Å²) < 4.78 is -0.172. The molecule has 2 unspecified atom stereocenters. The second-order valence-corrected chi connectivity index (χ2v) is 6.58. The lowest BCUT2D eigenvalue weighted by molar-refractivity contribution is -0.802. The van der Waals surface area contributed by atoms with Crippen LogP contribution in [0.2, 0.25) is 0 Å². The number of carboxylic acids is 1. The Bertz CT molecular complexity index is 548. The number of halogens is 1. The number of hydrogen-bond donors (Lipinski definition) is 1. The molecule has 2 atom stereocenters. The van der Waals surface area contributed by atoms with Gasteiger partial charge >= 0.3 is 11.9 Å². The molecule has 0 spiro atoms. The van der Waals surface area contributed by atoms with E-state index in [-0.39, 0.29) is 6.54 Å². The Morgan fingerprint density at radius 2 is 2.10 bits per heavy atom. The highest BCUT2D eigenvalue weighted by Crippen LogP contribution is 2.21. The molecule has 2 rings (SSSR count). The van der Waals surface area contributed by atoms with Crippen LogP contribution in [0.15, 0.2) is 24.3 Å². The Morgan fingerprint density at radius 1 is 1.48 bits per heavy atom. The zero-order valence-corrected chi connectivity index (χ0v) is 13.8. The smallest absolute Gasteiger partial charge is 0.360 e. The number of carbonyl (C=O) groups is 2. The molecular weight excluding hydrogens is 387 g/mol. The van der Waals surface area contributed by atoms with Crippen molar-refractivity contribution in [3.8, 4) is 0 Å². The molecule has 0 bridgehead atoms. The molecule has 1 aromatic rings. The third kappa shape index (κ3) is 3.79. The minimum absolute atomic E-state index is 0.00911. The predicted octanol–water partition coefficient (Wildman–Crippen LogP) is 1.07. The maximum Gasteiger partial charge on any atom is 0.360 e. The van der Waals surface area contributed by atoms with Gasteiger partial charge in [-0.15, -0.1) is 0 Å². The molecule has 114 valence electrons. The standard InChI is InChI=1S/C14H17IN2O4/c1-16-6-7-17(21,9-13(18)19)14(20)12(16)8-10-2-4-11(15)5-3-10/h2-5,12H,6-9H2,1H3,(H,18,19). The molecule has 7 heteroatoms. The number of nitrogens with zero attached hydrogens (tertiary/aromatic N) is 2. The highest BCUT2D eigenvalue weighted by atomic mass is 127. The van der Waals surface area contributed by atoms with Crippen molar-refractivity contribution in [1.82, 2.24) is 4.90 Å². The molecule has 6 nitrogen and oxygen atoms in total. The molecule has 0 aromatic heterocycles. The van der Waals surface area contributed by atoms with Gasteiger partial charge in [0.15, 0.2) is 6.54 Å². The lowest BCUT2D eigenvalue weighted by atomic mass is 10.0. The molecule has 1 saturated heterocycles. The predicted molar refractivity (Wildman–Crippen MR) is 85.3 cm³/mol. The van der Waals surface area contributed by atoms with Gasteiger partial charge in [-0.2, -0.15) is 0 Å². The van der Waals surface area contributed by atoms with Crippen molar-refractivity contribution in [2.75, 3.05) is 26.7 Å². The van der Waals surface area contributed by atoms with E-state index in [9.17, 15) is 14.8 Å². The average molecular weight is 404 g/mol. The number of rotatable bonds is 4. The molecule has 1 fully saturated rings. The number of quaternary nitrogens is 1. The summed E-state index contributed by atoms with van der Waals surface area (Å²) in [6.07, 6.45) is 0.425. The van der Waals surface area contributed by atoms with Crippen molar-refractivity contribution in [3.05, 3.63) is 38.6 Å². The summed E-state index contributed by atoms with van der Waals surface area (Å²) in [6, 6.07) is 7.16. The van der Waals surface area contributed by atoms with E-state index in [1.165, 1.54) is 0 Å². The van der Waals surface area contributed by atoms with Crippen molar-refractivity contribution in [3.63, 3.8) is 0 Å². The minimum Gasteiger partial charge on any atom is -0.625 e. The van der Waals surface area contributed by atoms with Crippen molar-refractivity contribution < 1.29 is 19.3 Å². The number of benzene rings is 1. The van der Waals surface area contributed by atoms with E-state index in [0.717, 1.165) is 9.13 Å².